The van der Waals surface area contributed by atoms with Gasteiger partial charge in [-0.1, -0.05) is 0 Å². The summed E-state index contributed by atoms with van der Waals surface area (Å²) < 4.78 is 0. The van der Waals surface area contributed by atoms with Crippen LogP contribution < -0.4 is 5.32 Å². The molecule has 0 saturated carbocycles. The summed E-state index contributed by atoms with van der Waals surface area (Å²) in [4.78, 5) is 4.02. The van der Waals surface area contributed by atoms with Crippen molar-refractivity contribution >= 4 is 5.69 Å². The van der Waals surface area contributed by atoms with E-state index in [2.05, 4.69) is 10.3 Å². The molecule has 1 atom stereocenters. The van der Waals surface area contributed by atoms with Crippen molar-refractivity contribution in [1.29, 1.82) is 0 Å². The van der Waals surface area contributed by atoms with Crippen LogP contribution in [0.15, 0.2) is 18.5 Å². The number of hydrogen-bond donors (Lipinski definition) is 2. The van der Waals surface area contributed by atoms with Gasteiger partial charge >= 0.3 is 0 Å². The van der Waals surface area contributed by atoms with E-state index < -0.39 is 6.10 Å². The van der Waals surface area contributed by atoms with E-state index in [1.54, 1.807) is 19.3 Å². The summed E-state index contributed by atoms with van der Waals surface area (Å²) in [6.07, 6.45) is 3.14. The second-order valence-electron chi connectivity index (χ2n) is 4.21. The summed E-state index contributed by atoms with van der Waals surface area (Å²) in [5.41, 5.74) is 1.78. The van der Waals surface area contributed by atoms with Gasteiger partial charge in [-0.15, -0.1) is 0 Å². The van der Waals surface area contributed by atoms with Crippen molar-refractivity contribution in [1.82, 2.24) is 4.98 Å². The lowest BCUT2D eigenvalue weighted by atomic mass is 9.98. The molecule has 0 aliphatic rings. The van der Waals surface area contributed by atoms with E-state index in [0.29, 0.717) is 0 Å². The Morgan fingerprint density at radius 1 is 1.50 bits per heavy atom. The van der Waals surface area contributed by atoms with Gasteiger partial charge in [-0.05, 0) is 39.3 Å². The summed E-state index contributed by atoms with van der Waals surface area (Å²) in [6, 6.07) is 1.92. The summed E-state index contributed by atoms with van der Waals surface area (Å²) >= 11 is 0. The van der Waals surface area contributed by atoms with Crippen LogP contribution in [0.5, 0.6) is 0 Å². The number of aliphatic hydroxyl groups excluding tert-OH is 1. The van der Waals surface area contributed by atoms with Crippen LogP contribution in [0.1, 0.15) is 26.3 Å². The predicted molar refractivity (Wildman–Crippen MR) is 58.4 cm³/mol. The Balaban J connectivity index is 2.84. The lowest BCUT2D eigenvalue weighted by Crippen LogP contribution is -2.42. The molecule has 78 valence electrons. The molecule has 0 amide bonds. The van der Waals surface area contributed by atoms with Crippen LogP contribution in [0.25, 0.3) is 0 Å². The molecule has 0 aliphatic carbocycles. The molecular formula is C11H18N2O. The third-order valence-electron chi connectivity index (χ3n) is 2.52. The Hall–Kier alpha value is -1.09. The zero-order valence-corrected chi connectivity index (χ0v) is 9.20. The summed E-state index contributed by atoms with van der Waals surface area (Å²) in [6.45, 7) is 7.71. The molecule has 1 rings (SSSR count). The Morgan fingerprint density at radius 2 is 2.14 bits per heavy atom. The standard InChI is InChI=1S/C11H18N2O/c1-8-7-12-6-5-10(8)13-11(3,4)9(2)14/h5-7,9,14H,1-4H3,(H,12,13). The number of pyridine rings is 1. The number of nitrogens with zero attached hydrogens (tertiary/aromatic N) is 1. The number of hydrogen-bond acceptors (Lipinski definition) is 3. The van der Waals surface area contributed by atoms with Gasteiger partial charge in [-0.25, -0.2) is 0 Å². The van der Waals surface area contributed by atoms with Crippen molar-refractivity contribution in [2.24, 2.45) is 0 Å². The van der Waals surface area contributed by atoms with Crippen molar-refractivity contribution in [2.75, 3.05) is 5.32 Å². The molecule has 3 heteroatoms. The maximum atomic E-state index is 9.55. The van der Waals surface area contributed by atoms with Gasteiger partial charge in [0.25, 0.3) is 0 Å². The maximum absolute atomic E-state index is 9.55. The molecule has 0 fully saturated rings. The van der Waals surface area contributed by atoms with E-state index >= 15 is 0 Å². The van der Waals surface area contributed by atoms with Gasteiger partial charge in [0.1, 0.15) is 0 Å². The number of anilines is 1. The lowest BCUT2D eigenvalue weighted by Gasteiger charge is -2.31. The Bertz CT molecular complexity index is 308. The van der Waals surface area contributed by atoms with Crippen molar-refractivity contribution in [2.45, 2.75) is 39.3 Å². The molecule has 0 spiro atoms. The topological polar surface area (TPSA) is 45.2 Å². The second kappa shape index (κ2) is 3.96. The van der Waals surface area contributed by atoms with Gasteiger partial charge in [0.15, 0.2) is 0 Å². The smallest absolute Gasteiger partial charge is 0.0736 e. The number of nitrogens with one attached hydrogen (secondary N) is 1. The number of rotatable bonds is 3. The highest BCUT2D eigenvalue weighted by atomic mass is 16.3. The minimum absolute atomic E-state index is 0.327. The third-order valence-corrected chi connectivity index (χ3v) is 2.52. The molecule has 1 heterocycles. The monoisotopic (exact) mass is 194 g/mol. The maximum Gasteiger partial charge on any atom is 0.0736 e. The fourth-order valence-electron chi connectivity index (χ4n) is 1.07. The molecule has 0 aliphatic heterocycles. The third kappa shape index (κ3) is 2.45. The van der Waals surface area contributed by atoms with Crippen LogP contribution in [0.4, 0.5) is 5.69 Å². The van der Waals surface area contributed by atoms with E-state index in [0.717, 1.165) is 11.3 Å². The molecular weight excluding hydrogens is 176 g/mol. The fourth-order valence-corrected chi connectivity index (χ4v) is 1.07. The second-order valence-corrected chi connectivity index (χ2v) is 4.21. The molecule has 0 bridgehead atoms. The van der Waals surface area contributed by atoms with Gasteiger partial charge in [0.2, 0.25) is 0 Å². The van der Waals surface area contributed by atoms with Gasteiger partial charge in [0, 0.05) is 18.1 Å². The first-order valence-electron chi connectivity index (χ1n) is 4.80. The number of aryl methyl sites for hydroxylation is 1. The van der Waals surface area contributed by atoms with Crippen LogP contribution in [-0.2, 0) is 0 Å². The molecule has 2 N–H and O–H groups in total. The van der Waals surface area contributed by atoms with Crippen LogP contribution in [0, 0.1) is 6.92 Å². The van der Waals surface area contributed by atoms with E-state index in [1.807, 2.05) is 26.8 Å². The van der Waals surface area contributed by atoms with E-state index in [1.165, 1.54) is 0 Å². The van der Waals surface area contributed by atoms with E-state index in [4.69, 9.17) is 0 Å². The molecule has 0 saturated heterocycles. The van der Waals surface area contributed by atoms with Gasteiger partial charge in [-0.2, -0.15) is 0 Å². The molecule has 0 radical (unpaired) electrons. The highest BCUT2D eigenvalue weighted by Gasteiger charge is 2.23. The van der Waals surface area contributed by atoms with E-state index in [9.17, 15) is 5.11 Å². The van der Waals surface area contributed by atoms with Gasteiger partial charge in [0.05, 0.1) is 11.6 Å². The van der Waals surface area contributed by atoms with Crippen LogP contribution >= 0.6 is 0 Å². The predicted octanol–water partition coefficient (Wildman–Crippen LogP) is 1.96. The van der Waals surface area contributed by atoms with Crippen molar-refractivity contribution in [3.8, 4) is 0 Å². The first-order valence-corrected chi connectivity index (χ1v) is 4.80. The largest absolute Gasteiger partial charge is 0.391 e. The minimum atomic E-state index is -0.407. The van der Waals surface area contributed by atoms with Crippen LogP contribution in [0.3, 0.4) is 0 Å². The Labute approximate surface area is 85.2 Å². The number of aromatic nitrogens is 1. The molecule has 1 unspecified atom stereocenters. The van der Waals surface area contributed by atoms with Crippen LogP contribution in [-0.4, -0.2) is 21.7 Å². The zero-order chi connectivity index (χ0) is 10.8. The Kier molecular flexibility index (Phi) is 3.11. The molecule has 14 heavy (non-hydrogen) atoms. The first kappa shape index (κ1) is 11.0. The van der Waals surface area contributed by atoms with Crippen LogP contribution in [0.2, 0.25) is 0 Å². The normalized spacial score (nSPS) is 13.8. The zero-order valence-electron chi connectivity index (χ0n) is 9.20. The SMILES string of the molecule is Cc1cnccc1NC(C)(C)C(C)O. The highest BCUT2D eigenvalue weighted by Crippen LogP contribution is 2.20. The van der Waals surface area contributed by atoms with Crippen molar-refractivity contribution < 1.29 is 5.11 Å². The number of aliphatic hydroxyl groups is 1. The van der Waals surface area contributed by atoms with Crippen molar-refractivity contribution in [3.63, 3.8) is 0 Å². The molecule has 0 aromatic carbocycles. The summed E-state index contributed by atoms with van der Waals surface area (Å²) in [7, 11) is 0. The van der Waals surface area contributed by atoms with Gasteiger partial charge in [-0.3, -0.25) is 4.98 Å². The fraction of sp³-hybridized carbons (Fsp3) is 0.545. The minimum Gasteiger partial charge on any atom is -0.391 e. The highest BCUT2D eigenvalue weighted by molar-refractivity contribution is 5.50. The molecule has 3 nitrogen and oxygen atoms in total. The Morgan fingerprint density at radius 3 is 2.64 bits per heavy atom. The summed E-state index contributed by atoms with van der Waals surface area (Å²) in [5.74, 6) is 0. The quantitative estimate of drug-likeness (QED) is 0.773. The summed E-state index contributed by atoms with van der Waals surface area (Å²) in [5, 5.41) is 12.9. The average molecular weight is 194 g/mol. The average Bonchev–Trinajstić information content (AvgIpc) is 2.08. The van der Waals surface area contributed by atoms with E-state index in [-0.39, 0.29) is 5.54 Å². The molecule has 1 aromatic rings. The van der Waals surface area contributed by atoms with Gasteiger partial charge < -0.3 is 10.4 Å². The lowest BCUT2D eigenvalue weighted by molar-refractivity contribution is 0.133. The molecule has 1 aromatic heterocycles. The van der Waals surface area contributed by atoms with Crippen molar-refractivity contribution in [3.05, 3.63) is 24.0 Å². The first-order chi connectivity index (χ1) is 6.43.